The second-order valence-corrected chi connectivity index (χ2v) is 5.82. The van der Waals surface area contributed by atoms with Gasteiger partial charge in [0, 0.05) is 12.1 Å². The molecule has 1 amide bonds. The van der Waals surface area contributed by atoms with Crippen molar-refractivity contribution >= 4 is 24.0 Å². The zero-order valence-electron chi connectivity index (χ0n) is 13.2. The number of carbonyl (C=O) groups excluding carboxylic acids is 1. The number of amides is 1. The number of benzene rings is 2. The Kier molecular flexibility index (Phi) is 5.39. The van der Waals surface area contributed by atoms with Gasteiger partial charge in [0.15, 0.2) is 0 Å². The molecule has 2 aromatic carbocycles. The van der Waals surface area contributed by atoms with Gasteiger partial charge in [0.2, 0.25) is 0 Å². The first kappa shape index (κ1) is 17.4. The van der Waals surface area contributed by atoms with Crippen molar-refractivity contribution < 1.29 is 9.18 Å². The summed E-state index contributed by atoms with van der Waals surface area (Å²) in [6.45, 7) is 5.32. The Hall–Kier alpha value is -1.91. The lowest BCUT2D eigenvalue weighted by Crippen LogP contribution is -2.25. The van der Waals surface area contributed by atoms with Crippen molar-refractivity contribution in [3.8, 4) is 0 Å². The first-order valence-electron chi connectivity index (χ1n) is 7.45. The van der Waals surface area contributed by atoms with Crippen LogP contribution in [0.5, 0.6) is 0 Å². The van der Waals surface area contributed by atoms with E-state index >= 15 is 0 Å². The summed E-state index contributed by atoms with van der Waals surface area (Å²) in [7, 11) is 0. The van der Waals surface area contributed by atoms with Crippen LogP contribution in [-0.2, 0) is 13.0 Å². The Bertz CT molecular complexity index is 726. The van der Waals surface area contributed by atoms with Crippen LogP contribution < -0.4 is 10.6 Å². The van der Waals surface area contributed by atoms with Gasteiger partial charge in [-0.25, -0.2) is 4.39 Å². The van der Waals surface area contributed by atoms with Crippen molar-refractivity contribution in [2.24, 2.45) is 0 Å². The van der Waals surface area contributed by atoms with E-state index < -0.39 is 0 Å². The summed E-state index contributed by atoms with van der Waals surface area (Å²) < 4.78 is 14.5. The third-order valence-electron chi connectivity index (χ3n) is 3.94. The third-order valence-corrected chi connectivity index (χ3v) is 3.94. The van der Waals surface area contributed by atoms with E-state index in [1.54, 1.807) is 6.07 Å². The number of rotatable bonds is 2. The Morgan fingerprint density at radius 3 is 2.57 bits per heavy atom. The number of anilines is 1. The second kappa shape index (κ2) is 7.11. The van der Waals surface area contributed by atoms with Gasteiger partial charge >= 0.3 is 0 Å². The number of hydrogen-bond donors (Lipinski definition) is 2. The maximum atomic E-state index is 14.5. The number of halogens is 2. The Balaban J connectivity index is 0.00000192. The van der Waals surface area contributed by atoms with Crippen LogP contribution >= 0.6 is 12.4 Å². The van der Waals surface area contributed by atoms with Crippen molar-refractivity contribution in [3.63, 3.8) is 0 Å². The molecule has 23 heavy (non-hydrogen) atoms. The molecule has 0 aliphatic carbocycles. The summed E-state index contributed by atoms with van der Waals surface area (Å²) in [4.78, 5) is 12.3. The molecule has 0 saturated heterocycles. The molecule has 1 aliphatic rings. The molecule has 1 heterocycles. The average Bonchev–Trinajstić information content (AvgIpc) is 2.49. The zero-order chi connectivity index (χ0) is 15.7. The maximum Gasteiger partial charge on any atom is 0.255 e. The van der Waals surface area contributed by atoms with Crippen LogP contribution in [0.25, 0.3) is 0 Å². The fourth-order valence-electron chi connectivity index (χ4n) is 2.93. The van der Waals surface area contributed by atoms with Gasteiger partial charge in [-0.2, -0.15) is 0 Å². The van der Waals surface area contributed by atoms with Crippen molar-refractivity contribution in [2.45, 2.75) is 26.8 Å². The topological polar surface area (TPSA) is 41.1 Å². The quantitative estimate of drug-likeness (QED) is 0.878. The number of aryl methyl sites for hydroxylation is 2. The summed E-state index contributed by atoms with van der Waals surface area (Å²) in [6.07, 6.45) is 0.647. The molecule has 0 saturated carbocycles. The number of hydrogen-bond acceptors (Lipinski definition) is 2. The lowest BCUT2D eigenvalue weighted by atomic mass is 9.99. The minimum absolute atomic E-state index is 0. The normalized spacial score (nSPS) is 13.0. The van der Waals surface area contributed by atoms with E-state index in [1.807, 2.05) is 38.1 Å². The molecule has 0 radical (unpaired) electrons. The molecule has 0 spiro atoms. The minimum atomic E-state index is -0.309. The van der Waals surface area contributed by atoms with E-state index in [9.17, 15) is 9.18 Å². The highest BCUT2D eigenvalue weighted by Crippen LogP contribution is 2.25. The van der Waals surface area contributed by atoms with Crippen LogP contribution in [0.4, 0.5) is 10.1 Å². The molecule has 0 atom stereocenters. The lowest BCUT2D eigenvalue weighted by Gasteiger charge is -2.19. The molecule has 0 bridgehead atoms. The molecule has 0 unspecified atom stereocenters. The van der Waals surface area contributed by atoms with Gasteiger partial charge in [0.05, 0.1) is 5.69 Å². The molecule has 0 fully saturated rings. The van der Waals surface area contributed by atoms with E-state index in [0.717, 1.165) is 23.2 Å². The SMILES string of the molecule is Cc1cc(C)cc(C(=O)Nc2ccc3c(c2F)CCNC3)c1.Cl. The summed E-state index contributed by atoms with van der Waals surface area (Å²) in [5.74, 6) is -0.587. The first-order chi connectivity index (χ1) is 10.5. The van der Waals surface area contributed by atoms with E-state index in [1.165, 1.54) is 0 Å². The van der Waals surface area contributed by atoms with E-state index in [0.29, 0.717) is 24.1 Å². The van der Waals surface area contributed by atoms with Gasteiger partial charge in [-0.05, 0) is 56.1 Å². The standard InChI is InChI=1S/C18H19FN2O.ClH/c1-11-7-12(2)9-14(8-11)18(22)21-16-4-3-13-10-20-6-5-15(13)17(16)19;/h3-4,7-9,20H,5-6,10H2,1-2H3,(H,21,22);1H. The lowest BCUT2D eigenvalue weighted by molar-refractivity contribution is 0.102. The van der Waals surface area contributed by atoms with Gasteiger partial charge in [0.1, 0.15) is 5.82 Å². The predicted molar refractivity (Wildman–Crippen MR) is 92.9 cm³/mol. The molecule has 2 aromatic rings. The molecular weight excluding hydrogens is 315 g/mol. The Morgan fingerprint density at radius 1 is 1.17 bits per heavy atom. The van der Waals surface area contributed by atoms with E-state index in [4.69, 9.17) is 0 Å². The highest BCUT2D eigenvalue weighted by Gasteiger charge is 2.18. The molecule has 3 nitrogen and oxygen atoms in total. The number of carbonyl (C=O) groups is 1. The summed E-state index contributed by atoms with van der Waals surface area (Å²) in [6, 6.07) is 9.14. The molecule has 0 aromatic heterocycles. The zero-order valence-corrected chi connectivity index (χ0v) is 14.0. The van der Waals surface area contributed by atoms with Crippen molar-refractivity contribution in [1.82, 2.24) is 5.32 Å². The summed E-state index contributed by atoms with van der Waals surface area (Å²) in [5.41, 5.74) is 4.51. The van der Waals surface area contributed by atoms with Gasteiger partial charge in [-0.1, -0.05) is 23.3 Å². The smallest absolute Gasteiger partial charge is 0.255 e. The average molecular weight is 335 g/mol. The largest absolute Gasteiger partial charge is 0.319 e. The van der Waals surface area contributed by atoms with Crippen molar-refractivity contribution in [3.05, 3.63) is 64.0 Å². The summed E-state index contributed by atoms with van der Waals surface area (Å²) >= 11 is 0. The minimum Gasteiger partial charge on any atom is -0.319 e. The molecular formula is C18H20ClFN2O. The van der Waals surface area contributed by atoms with E-state index in [2.05, 4.69) is 10.6 Å². The maximum absolute atomic E-state index is 14.5. The molecule has 5 heteroatoms. The van der Waals surface area contributed by atoms with Crippen LogP contribution in [0.3, 0.4) is 0 Å². The highest BCUT2D eigenvalue weighted by atomic mass is 35.5. The Morgan fingerprint density at radius 2 is 1.87 bits per heavy atom. The van der Waals surface area contributed by atoms with Crippen molar-refractivity contribution in [1.29, 1.82) is 0 Å². The molecule has 2 N–H and O–H groups in total. The molecule has 1 aliphatic heterocycles. The Labute approximate surface area is 141 Å². The monoisotopic (exact) mass is 334 g/mol. The predicted octanol–water partition coefficient (Wildman–Crippen LogP) is 3.76. The first-order valence-corrected chi connectivity index (χ1v) is 7.45. The molecule has 3 rings (SSSR count). The summed E-state index contributed by atoms with van der Waals surface area (Å²) in [5, 5.41) is 5.91. The van der Waals surface area contributed by atoms with Crippen LogP contribution in [0.1, 0.15) is 32.6 Å². The molecule has 122 valence electrons. The van der Waals surface area contributed by atoms with E-state index in [-0.39, 0.29) is 29.8 Å². The fraction of sp³-hybridized carbons (Fsp3) is 0.278. The van der Waals surface area contributed by atoms with Crippen LogP contribution in [0.2, 0.25) is 0 Å². The second-order valence-electron chi connectivity index (χ2n) is 5.82. The van der Waals surface area contributed by atoms with Gasteiger partial charge in [-0.15, -0.1) is 12.4 Å². The van der Waals surface area contributed by atoms with Gasteiger partial charge in [0.25, 0.3) is 5.91 Å². The van der Waals surface area contributed by atoms with Gasteiger partial charge in [-0.3, -0.25) is 4.79 Å². The van der Waals surface area contributed by atoms with Gasteiger partial charge < -0.3 is 10.6 Å². The highest BCUT2D eigenvalue weighted by molar-refractivity contribution is 6.04. The fourth-order valence-corrected chi connectivity index (χ4v) is 2.93. The number of fused-ring (bicyclic) bond motifs is 1. The van der Waals surface area contributed by atoms with Crippen molar-refractivity contribution in [2.75, 3.05) is 11.9 Å². The van der Waals surface area contributed by atoms with Crippen LogP contribution in [0, 0.1) is 19.7 Å². The van der Waals surface area contributed by atoms with Crippen LogP contribution in [0.15, 0.2) is 30.3 Å². The van der Waals surface area contributed by atoms with Crippen LogP contribution in [-0.4, -0.2) is 12.5 Å². The third kappa shape index (κ3) is 3.71. The number of nitrogens with one attached hydrogen (secondary N) is 2.